The van der Waals surface area contributed by atoms with Crippen LogP contribution in [0.1, 0.15) is 23.0 Å². The van der Waals surface area contributed by atoms with Gasteiger partial charge in [-0.1, -0.05) is 35.6 Å². The van der Waals surface area contributed by atoms with Crippen LogP contribution in [0.15, 0.2) is 70.2 Å². The molecule has 4 aromatic rings. The Hall–Kier alpha value is -3.45. The summed E-state index contributed by atoms with van der Waals surface area (Å²) in [6.07, 6.45) is 0. The van der Waals surface area contributed by atoms with Crippen molar-refractivity contribution in [1.82, 2.24) is 4.98 Å². The van der Waals surface area contributed by atoms with E-state index in [9.17, 15) is 4.79 Å². The molecule has 0 fully saturated rings. The average Bonchev–Trinajstić information content (AvgIpc) is 3.33. The molecule has 0 saturated heterocycles. The first-order valence-electron chi connectivity index (χ1n) is 8.20. The van der Waals surface area contributed by atoms with Gasteiger partial charge in [0.05, 0.1) is 15.8 Å². The third-order valence-corrected chi connectivity index (χ3v) is 4.93. The first kappa shape index (κ1) is 17.0. The zero-order chi connectivity index (χ0) is 18.8. The number of thiazole rings is 1. The second-order valence-electron chi connectivity index (χ2n) is 5.84. The number of nitrogens with zero attached hydrogens (tertiary/aromatic N) is 2. The van der Waals surface area contributed by atoms with Gasteiger partial charge in [-0.15, -0.1) is 0 Å². The van der Waals surface area contributed by atoms with Crippen molar-refractivity contribution in [3.63, 3.8) is 0 Å². The third kappa shape index (κ3) is 3.58. The Kier molecular flexibility index (Phi) is 4.43. The van der Waals surface area contributed by atoms with E-state index in [0.717, 1.165) is 15.8 Å². The minimum atomic E-state index is -0.953. The predicted octanol–water partition coefficient (Wildman–Crippen LogP) is 5.09. The second kappa shape index (κ2) is 7.05. The minimum Gasteiger partial charge on any atom is -0.478 e. The number of rotatable bonds is 5. The summed E-state index contributed by atoms with van der Waals surface area (Å²) in [7, 11) is 0. The maximum absolute atomic E-state index is 10.9. The van der Waals surface area contributed by atoms with Crippen LogP contribution in [0, 0.1) is 0 Å². The maximum Gasteiger partial charge on any atom is 0.335 e. The highest BCUT2D eigenvalue weighted by molar-refractivity contribution is 7.22. The van der Waals surface area contributed by atoms with Crippen molar-refractivity contribution in [2.75, 3.05) is 5.43 Å². The highest BCUT2D eigenvalue weighted by Gasteiger charge is 2.09. The first-order valence-corrected chi connectivity index (χ1v) is 9.01. The summed E-state index contributed by atoms with van der Waals surface area (Å²) >= 11 is 1.53. The van der Waals surface area contributed by atoms with Gasteiger partial charge in [-0.2, -0.15) is 5.10 Å². The van der Waals surface area contributed by atoms with Crippen LogP contribution in [0.2, 0.25) is 0 Å². The SMILES string of the molecule is C/C(=N\Nc1nc2ccccc2s1)c1ccc(-c2ccc(C(=O)O)cc2)o1. The van der Waals surface area contributed by atoms with Gasteiger partial charge in [-0.05, 0) is 43.3 Å². The molecule has 0 saturated carbocycles. The molecule has 0 atom stereocenters. The average molecular weight is 377 g/mol. The van der Waals surface area contributed by atoms with Crippen molar-refractivity contribution in [2.24, 2.45) is 5.10 Å². The molecule has 0 spiro atoms. The molecular weight excluding hydrogens is 362 g/mol. The summed E-state index contributed by atoms with van der Waals surface area (Å²) in [5.74, 6) is 0.322. The lowest BCUT2D eigenvalue weighted by atomic mass is 10.1. The molecule has 2 heterocycles. The van der Waals surface area contributed by atoms with Crippen LogP contribution in [0.25, 0.3) is 21.5 Å². The lowest BCUT2D eigenvalue weighted by Gasteiger charge is -2.00. The van der Waals surface area contributed by atoms with Crippen LogP contribution >= 0.6 is 11.3 Å². The van der Waals surface area contributed by atoms with Crippen LogP contribution in [0.5, 0.6) is 0 Å². The number of anilines is 1. The minimum absolute atomic E-state index is 0.239. The zero-order valence-electron chi connectivity index (χ0n) is 14.3. The van der Waals surface area contributed by atoms with Crippen LogP contribution in [-0.2, 0) is 0 Å². The molecule has 0 aliphatic heterocycles. The molecule has 0 radical (unpaired) electrons. The van der Waals surface area contributed by atoms with Gasteiger partial charge in [-0.3, -0.25) is 5.43 Å². The third-order valence-electron chi connectivity index (χ3n) is 3.99. The summed E-state index contributed by atoms with van der Waals surface area (Å²) in [6, 6.07) is 18.1. The molecule has 0 amide bonds. The number of aromatic nitrogens is 1. The number of hydrogen-bond acceptors (Lipinski definition) is 6. The first-order chi connectivity index (χ1) is 13.1. The number of aromatic carboxylic acids is 1. The van der Waals surface area contributed by atoms with Crippen LogP contribution in [-0.4, -0.2) is 21.8 Å². The summed E-state index contributed by atoms with van der Waals surface area (Å²) in [4.78, 5) is 15.4. The molecule has 0 aliphatic rings. The van der Waals surface area contributed by atoms with Crippen LogP contribution < -0.4 is 5.43 Å². The van der Waals surface area contributed by atoms with Gasteiger partial charge in [0.2, 0.25) is 5.13 Å². The fourth-order valence-corrected chi connectivity index (χ4v) is 3.38. The van der Waals surface area contributed by atoms with Gasteiger partial charge in [0.15, 0.2) is 5.76 Å². The number of fused-ring (bicyclic) bond motifs is 1. The monoisotopic (exact) mass is 377 g/mol. The van der Waals surface area contributed by atoms with Crippen molar-refractivity contribution >= 4 is 38.4 Å². The second-order valence-corrected chi connectivity index (χ2v) is 6.87. The highest BCUT2D eigenvalue weighted by atomic mass is 32.1. The van der Waals surface area contributed by atoms with Gasteiger partial charge in [0, 0.05) is 5.56 Å². The standard InChI is InChI=1S/C20H15N3O3S/c1-12(22-23-20-21-15-4-2-3-5-18(15)27-20)16-10-11-17(26-16)13-6-8-14(9-7-13)19(24)25/h2-11H,1H3,(H,21,23)(H,24,25)/b22-12+. The number of carbonyl (C=O) groups is 1. The molecule has 7 heteroatoms. The summed E-state index contributed by atoms with van der Waals surface area (Å²) < 4.78 is 6.94. The van der Waals surface area contributed by atoms with E-state index in [1.165, 1.54) is 11.3 Å². The largest absolute Gasteiger partial charge is 0.478 e. The fraction of sp³-hybridized carbons (Fsp3) is 0.0500. The molecule has 2 aromatic heterocycles. The lowest BCUT2D eigenvalue weighted by molar-refractivity contribution is 0.0697. The van der Waals surface area contributed by atoms with E-state index in [-0.39, 0.29) is 5.56 Å². The van der Waals surface area contributed by atoms with Crippen molar-refractivity contribution in [1.29, 1.82) is 0 Å². The van der Waals surface area contributed by atoms with E-state index >= 15 is 0 Å². The molecule has 4 rings (SSSR count). The molecule has 27 heavy (non-hydrogen) atoms. The van der Waals surface area contributed by atoms with Gasteiger partial charge >= 0.3 is 5.97 Å². The zero-order valence-corrected chi connectivity index (χ0v) is 15.2. The Morgan fingerprint density at radius 3 is 2.63 bits per heavy atom. The number of hydrogen-bond donors (Lipinski definition) is 2. The van der Waals surface area contributed by atoms with E-state index in [1.807, 2.05) is 43.3 Å². The molecule has 2 N–H and O–H groups in total. The van der Waals surface area contributed by atoms with Crippen molar-refractivity contribution < 1.29 is 14.3 Å². The Labute approximate surface area is 158 Å². The van der Waals surface area contributed by atoms with E-state index in [2.05, 4.69) is 15.5 Å². The molecule has 134 valence electrons. The lowest BCUT2D eigenvalue weighted by Crippen LogP contribution is -1.97. The van der Waals surface area contributed by atoms with Gasteiger partial charge in [0.1, 0.15) is 11.5 Å². The predicted molar refractivity (Wildman–Crippen MR) is 107 cm³/mol. The van der Waals surface area contributed by atoms with E-state index in [1.54, 1.807) is 24.3 Å². The van der Waals surface area contributed by atoms with Crippen LogP contribution in [0.4, 0.5) is 5.13 Å². The Bertz CT molecular complexity index is 1110. The summed E-state index contributed by atoms with van der Waals surface area (Å²) in [6.45, 7) is 1.84. The molecule has 2 aromatic carbocycles. The Balaban J connectivity index is 1.51. The number of carboxylic acid groups (broad SMARTS) is 1. The van der Waals surface area contributed by atoms with Gasteiger partial charge in [-0.25, -0.2) is 9.78 Å². The fourth-order valence-electron chi connectivity index (χ4n) is 2.57. The van der Waals surface area contributed by atoms with Crippen molar-refractivity contribution in [3.8, 4) is 11.3 Å². The normalized spacial score (nSPS) is 11.7. The molecular formula is C20H15N3O3S. The number of carboxylic acids is 1. The van der Waals surface area contributed by atoms with Gasteiger partial charge < -0.3 is 9.52 Å². The number of benzene rings is 2. The van der Waals surface area contributed by atoms with Crippen molar-refractivity contribution in [3.05, 3.63) is 72.0 Å². The number of hydrazone groups is 1. The van der Waals surface area contributed by atoms with E-state index < -0.39 is 5.97 Å². The number of nitrogens with one attached hydrogen (secondary N) is 1. The topological polar surface area (TPSA) is 87.7 Å². The van der Waals surface area contributed by atoms with E-state index in [4.69, 9.17) is 9.52 Å². The van der Waals surface area contributed by atoms with Crippen LogP contribution in [0.3, 0.4) is 0 Å². The quantitative estimate of drug-likeness (QED) is 0.374. The Morgan fingerprint density at radius 2 is 1.89 bits per heavy atom. The summed E-state index contributed by atoms with van der Waals surface area (Å²) in [5, 5.41) is 14.0. The molecule has 0 aliphatic carbocycles. The maximum atomic E-state index is 10.9. The molecule has 6 nitrogen and oxygen atoms in total. The number of furan rings is 1. The highest BCUT2D eigenvalue weighted by Crippen LogP contribution is 2.26. The molecule has 0 bridgehead atoms. The number of para-hydroxylation sites is 1. The Morgan fingerprint density at radius 1 is 1.11 bits per heavy atom. The van der Waals surface area contributed by atoms with E-state index in [0.29, 0.717) is 22.4 Å². The summed E-state index contributed by atoms with van der Waals surface area (Å²) in [5.41, 5.74) is 5.63. The molecule has 0 unspecified atom stereocenters. The smallest absolute Gasteiger partial charge is 0.335 e. The van der Waals surface area contributed by atoms with Gasteiger partial charge in [0.25, 0.3) is 0 Å². The van der Waals surface area contributed by atoms with Crippen molar-refractivity contribution in [2.45, 2.75) is 6.92 Å².